The number of rotatable bonds is 48. The third-order valence-electron chi connectivity index (χ3n) is 12.6. The lowest BCUT2D eigenvalue weighted by Crippen LogP contribution is -2.60. The van der Waals surface area contributed by atoms with E-state index in [0.29, 0.717) is 13.0 Å². The van der Waals surface area contributed by atoms with Crippen molar-refractivity contribution in [2.75, 3.05) is 26.4 Å². The van der Waals surface area contributed by atoms with E-state index in [1.54, 1.807) is 0 Å². The monoisotopic (exact) mass is 949 g/mol. The minimum absolute atomic E-state index is 0.0377. The Morgan fingerprint density at radius 1 is 0.569 bits per heavy atom. The molecule has 65 heavy (non-hydrogen) atoms. The molecule has 4 N–H and O–H groups in total. The van der Waals surface area contributed by atoms with Gasteiger partial charge in [0.1, 0.15) is 30.5 Å². The summed E-state index contributed by atoms with van der Waals surface area (Å²) < 4.78 is 59.3. The molecule has 0 aromatic heterocycles. The van der Waals surface area contributed by atoms with Crippen LogP contribution in [0.15, 0.2) is 12.2 Å². The molecule has 1 rings (SSSR count). The van der Waals surface area contributed by atoms with Gasteiger partial charge in [-0.05, 0) is 38.5 Å². The number of hydrogen-bond acceptors (Lipinski definition) is 11. The number of aliphatic hydroxyl groups is 3. The van der Waals surface area contributed by atoms with Gasteiger partial charge in [-0.1, -0.05) is 219 Å². The topological polar surface area (TPSA) is 178 Å². The van der Waals surface area contributed by atoms with E-state index >= 15 is 0 Å². The first-order chi connectivity index (χ1) is 31.6. The summed E-state index contributed by atoms with van der Waals surface area (Å²) in [4.78, 5) is 12.9. The smallest absolute Gasteiger partial charge is 0.397 e. The fraction of sp³-hybridized carbons (Fsp3) is 0.942. The number of hydrogen-bond donors (Lipinski definition) is 4. The Bertz CT molecular complexity index is 1190. The molecule has 1 saturated heterocycles. The molecule has 0 radical (unpaired) electrons. The Morgan fingerprint density at radius 3 is 1.38 bits per heavy atom. The fourth-order valence-corrected chi connectivity index (χ4v) is 9.06. The molecule has 0 aromatic carbocycles. The van der Waals surface area contributed by atoms with Crippen LogP contribution in [0.4, 0.5) is 0 Å². The molecule has 0 aromatic rings. The molecule has 386 valence electrons. The second-order valence-corrected chi connectivity index (χ2v) is 19.9. The quantitative estimate of drug-likeness (QED) is 0.0197. The molecule has 0 saturated carbocycles. The third-order valence-corrected chi connectivity index (χ3v) is 13.1. The zero-order valence-corrected chi connectivity index (χ0v) is 42.4. The molecule has 12 nitrogen and oxygen atoms in total. The molecule has 6 atom stereocenters. The fourth-order valence-electron chi connectivity index (χ4n) is 8.55. The summed E-state index contributed by atoms with van der Waals surface area (Å²) in [5.74, 6) is -0.394. The van der Waals surface area contributed by atoms with E-state index < -0.39 is 59.8 Å². The molecule has 0 amide bonds. The molecular formula is C52H100O12S. The number of aliphatic hydroxyl groups excluding tert-OH is 3. The van der Waals surface area contributed by atoms with Gasteiger partial charge >= 0.3 is 16.4 Å². The summed E-state index contributed by atoms with van der Waals surface area (Å²) in [7, 11) is -5.06. The van der Waals surface area contributed by atoms with Crippen molar-refractivity contribution in [3.05, 3.63) is 12.2 Å². The van der Waals surface area contributed by atoms with E-state index in [-0.39, 0.29) is 19.6 Å². The molecule has 0 aliphatic carbocycles. The van der Waals surface area contributed by atoms with Gasteiger partial charge in [0, 0.05) is 13.0 Å². The largest absolute Gasteiger partial charge is 0.457 e. The van der Waals surface area contributed by atoms with Crippen LogP contribution >= 0.6 is 0 Å². The minimum Gasteiger partial charge on any atom is -0.457 e. The van der Waals surface area contributed by atoms with Gasteiger partial charge in [0.05, 0.1) is 19.8 Å². The molecule has 13 heteroatoms. The van der Waals surface area contributed by atoms with Gasteiger partial charge in [-0.3, -0.25) is 9.35 Å². The van der Waals surface area contributed by atoms with Crippen molar-refractivity contribution in [3.63, 3.8) is 0 Å². The van der Waals surface area contributed by atoms with Crippen LogP contribution < -0.4 is 0 Å². The van der Waals surface area contributed by atoms with E-state index in [1.807, 2.05) is 0 Å². The van der Waals surface area contributed by atoms with E-state index in [0.717, 1.165) is 44.9 Å². The van der Waals surface area contributed by atoms with Crippen molar-refractivity contribution in [2.45, 2.75) is 288 Å². The summed E-state index contributed by atoms with van der Waals surface area (Å²) >= 11 is 0. The number of unbranched alkanes of at least 4 members (excludes halogenated alkanes) is 33. The first kappa shape index (κ1) is 61.9. The lowest BCUT2D eigenvalue weighted by atomic mass is 9.99. The highest BCUT2D eigenvalue weighted by Gasteiger charge is 2.48. The van der Waals surface area contributed by atoms with Gasteiger partial charge in [0.25, 0.3) is 0 Å². The van der Waals surface area contributed by atoms with E-state index in [4.69, 9.17) is 18.9 Å². The van der Waals surface area contributed by atoms with E-state index in [9.17, 15) is 33.1 Å². The second kappa shape index (κ2) is 44.1. The highest BCUT2D eigenvalue weighted by molar-refractivity contribution is 7.80. The lowest BCUT2D eigenvalue weighted by Gasteiger charge is -2.41. The maximum Gasteiger partial charge on any atom is 0.397 e. The molecule has 6 unspecified atom stereocenters. The van der Waals surface area contributed by atoms with E-state index in [1.165, 1.54) is 180 Å². The van der Waals surface area contributed by atoms with Gasteiger partial charge in [-0.15, -0.1) is 0 Å². The average molecular weight is 949 g/mol. The summed E-state index contributed by atoms with van der Waals surface area (Å²) in [6.07, 6.45) is 41.0. The van der Waals surface area contributed by atoms with Crippen LogP contribution in [-0.4, -0.2) is 97.5 Å². The van der Waals surface area contributed by atoms with Crippen molar-refractivity contribution < 1.29 is 56.2 Å². The number of esters is 1. The van der Waals surface area contributed by atoms with Crippen LogP contribution in [-0.2, 0) is 38.3 Å². The van der Waals surface area contributed by atoms with E-state index in [2.05, 4.69) is 30.2 Å². The lowest BCUT2D eigenvalue weighted by molar-refractivity contribution is -0.301. The zero-order chi connectivity index (χ0) is 47.5. The molecule has 1 heterocycles. The molecule has 1 aliphatic heterocycles. The Labute approximate surface area is 398 Å². The van der Waals surface area contributed by atoms with Crippen LogP contribution in [0.25, 0.3) is 0 Å². The molecular weight excluding hydrogens is 849 g/mol. The number of carbonyl (C=O) groups is 1. The van der Waals surface area contributed by atoms with Gasteiger partial charge in [0.2, 0.25) is 0 Å². The molecule has 0 bridgehead atoms. The van der Waals surface area contributed by atoms with Crippen molar-refractivity contribution in [3.8, 4) is 0 Å². The summed E-state index contributed by atoms with van der Waals surface area (Å²) in [5.41, 5.74) is 0. The molecule has 1 aliphatic rings. The number of ether oxygens (including phenoxy) is 4. The molecule has 0 spiro atoms. The maximum absolute atomic E-state index is 12.9. The van der Waals surface area contributed by atoms with Crippen molar-refractivity contribution in [1.29, 1.82) is 0 Å². The summed E-state index contributed by atoms with van der Waals surface area (Å²) in [6.45, 7) is 4.03. The van der Waals surface area contributed by atoms with Gasteiger partial charge in [0.15, 0.2) is 6.29 Å². The normalized spacial score (nSPS) is 19.6. The van der Waals surface area contributed by atoms with Gasteiger partial charge in [-0.2, -0.15) is 8.42 Å². The van der Waals surface area contributed by atoms with Crippen LogP contribution in [0.2, 0.25) is 0 Å². The van der Waals surface area contributed by atoms with Crippen molar-refractivity contribution in [2.24, 2.45) is 0 Å². The zero-order valence-electron chi connectivity index (χ0n) is 41.6. The first-order valence-corrected chi connectivity index (χ1v) is 28.3. The Balaban J connectivity index is 2.31. The Morgan fingerprint density at radius 2 is 0.969 bits per heavy atom. The maximum atomic E-state index is 12.9. The summed E-state index contributed by atoms with van der Waals surface area (Å²) in [5, 5.41) is 30.8. The van der Waals surface area contributed by atoms with Crippen LogP contribution in [0.3, 0.4) is 0 Å². The predicted molar refractivity (Wildman–Crippen MR) is 262 cm³/mol. The first-order valence-electron chi connectivity index (χ1n) is 26.9. The molecule has 1 fully saturated rings. The number of carbonyl (C=O) groups excluding carboxylic acids is 1. The SMILES string of the molecule is CCCCCCCC/C=C\CCCCCCCCOCC(COC1OC(CO)C(O)C(OS(=O)(=O)O)C1O)OC(=O)CCCCCCCCCCCCCCCCCCCCCCCC. The summed E-state index contributed by atoms with van der Waals surface area (Å²) in [6, 6.07) is 0. The Kier molecular flexibility index (Phi) is 41.9. The average Bonchev–Trinajstić information content (AvgIpc) is 3.28. The second-order valence-electron chi connectivity index (χ2n) is 18.8. The highest BCUT2D eigenvalue weighted by atomic mass is 32.3. The van der Waals surface area contributed by atoms with Gasteiger partial charge < -0.3 is 34.3 Å². The third kappa shape index (κ3) is 37.4. The van der Waals surface area contributed by atoms with Crippen molar-refractivity contribution >= 4 is 16.4 Å². The van der Waals surface area contributed by atoms with Crippen LogP contribution in [0, 0.1) is 0 Å². The highest BCUT2D eigenvalue weighted by Crippen LogP contribution is 2.26. The predicted octanol–water partition coefficient (Wildman–Crippen LogP) is 12.6. The van der Waals surface area contributed by atoms with Crippen LogP contribution in [0.5, 0.6) is 0 Å². The minimum atomic E-state index is -5.06. The van der Waals surface area contributed by atoms with Crippen LogP contribution in [0.1, 0.15) is 251 Å². The Hall–Kier alpha value is -1.16. The van der Waals surface area contributed by atoms with Gasteiger partial charge in [-0.25, -0.2) is 4.18 Å². The number of allylic oxidation sites excluding steroid dienone is 2. The standard InChI is InChI=1S/C52H100O12S/c1-3-5-7-9-11-13-15-17-19-21-22-23-24-25-26-27-29-31-33-35-37-39-41-48(54)62-46(45-61-52-50(56)51(64-65(57,58)59)49(55)47(43-53)63-52)44-60-42-40-38-36-34-32-30-28-20-18-16-14-12-10-8-6-4-2/h18,20,46-47,49-53,55-56H,3-17,19,21-45H2,1-2H3,(H,57,58,59)/b20-18-. The van der Waals surface area contributed by atoms with Crippen molar-refractivity contribution in [1.82, 2.24) is 0 Å².